The molecule has 0 saturated carbocycles. The number of fused-ring (bicyclic) bond motifs is 1. The molecule has 4 aromatic rings. The average molecular weight is 410 g/mol. The Morgan fingerprint density at radius 1 is 1.10 bits per heavy atom. The Balaban J connectivity index is 1.67. The van der Waals surface area contributed by atoms with Crippen molar-refractivity contribution in [2.75, 3.05) is 11.5 Å². The number of nitrogens with zero attached hydrogens (tertiary/aromatic N) is 5. The number of aryl methyl sites for hydroxylation is 1. The van der Waals surface area contributed by atoms with Crippen LogP contribution in [0.15, 0.2) is 42.6 Å². The summed E-state index contributed by atoms with van der Waals surface area (Å²) >= 11 is 6.15. The van der Waals surface area contributed by atoms with Crippen molar-refractivity contribution in [3.63, 3.8) is 0 Å². The molecule has 0 radical (unpaired) electrons. The van der Waals surface area contributed by atoms with Crippen LogP contribution in [0, 0.1) is 6.92 Å². The Hall–Kier alpha value is -3.39. The molecule has 0 fully saturated rings. The highest BCUT2D eigenvalue weighted by atomic mass is 35.5. The summed E-state index contributed by atoms with van der Waals surface area (Å²) in [6.45, 7) is 4.42. The van der Waals surface area contributed by atoms with Gasteiger partial charge in [-0.2, -0.15) is 0 Å². The number of anilines is 2. The van der Waals surface area contributed by atoms with Crippen LogP contribution in [0.1, 0.15) is 12.7 Å². The summed E-state index contributed by atoms with van der Waals surface area (Å²) in [7, 11) is 0. The first-order valence-electron chi connectivity index (χ1n) is 9.05. The number of hydrogen-bond donors (Lipinski definition) is 2. The standard InChI is InChI=1S/C20H20ClN7O/c1-11(29-20-14(21)4-3-7-24-20)10-28-12(2)25-16-6-5-15(26-19(16)28)13-8-17(22)27-18(23)9-13/h3-9,11H,10H2,1-2H3,(H4,22,23,27)/t11-/m0/s1. The van der Waals surface area contributed by atoms with Crippen molar-refractivity contribution in [2.24, 2.45) is 0 Å². The van der Waals surface area contributed by atoms with E-state index >= 15 is 0 Å². The van der Waals surface area contributed by atoms with E-state index < -0.39 is 0 Å². The summed E-state index contributed by atoms with van der Waals surface area (Å²) in [6.07, 6.45) is 1.45. The first-order valence-corrected chi connectivity index (χ1v) is 9.43. The van der Waals surface area contributed by atoms with Crippen LogP contribution in [-0.2, 0) is 6.54 Å². The van der Waals surface area contributed by atoms with Gasteiger partial charge < -0.3 is 20.8 Å². The summed E-state index contributed by atoms with van der Waals surface area (Å²) in [6, 6.07) is 10.8. The second-order valence-corrected chi connectivity index (χ2v) is 7.14. The molecule has 8 nitrogen and oxygen atoms in total. The van der Waals surface area contributed by atoms with Gasteiger partial charge in [-0.05, 0) is 50.2 Å². The highest BCUT2D eigenvalue weighted by molar-refractivity contribution is 6.31. The Labute approximate surface area is 172 Å². The molecule has 4 aromatic heterocycles. The van der Waals surface area contributed by atoms with Crippen LogP contribution >= 0.6 is 11.6 Å². The van der Waals surface area contributed by atoms with Crippen molar-refractivity contribution in [1.82, 2.24) is 24.5 Å². The first kappa shape index (κ1) is 18.9. The maximum absolute atomic E-state index is 6.15. The van der Waals surface area contributed by atoms with E-state index in [-0.39, 0.29) is 6.10 Å². The molecule has 0 aliphatic heterocycles. The highest BCUT2D eigenvalue weighted by Gasteiger charge is 2.16. The summed E-state index contributed by atoms with van der Waals surface area (Å²) in [5.74, 6) is 1.93. The monoisotopic (exact) mass is 409 g/mol. The van der Waals surface area contributed by atoms with Crippen LogP contribution in [-0.4, -0.2) is 30.6 Å². The number of nitrogens with two attached hydrogens (primary N) is 2. The average Bonchev–Trinajstić information content (AvgIpc) is 2.97. The Kier molecular flexibility index (Phi) is 4.94. The van der Waals surface area contributed by atoms with Crippen LogP contribution in [0.3, 0.4) is 0 Å². The fourth-order valence-corrected chi connectivity index (χ4v) is 3.32. The van der Waals surface area contributed by atoms with Crippen LogP contribution in [0.5, 0.6) is 5.88 Å². The third kappa shape index (κ3) is 3.93. The first-order chi connectivity index (χ1) is 13.9. The molecule has 0 saturated heterocycles. The van der Waals surface area contributed by atoms with Gasteiger partial charge in [0.1, 0.15) is 34.1 Å². The molecule has 0 amide bonds. The normalized spacial score (nSPS) is 12.2. The summed E-state index contributed by atoms with van der Waals surface area (Å²) in [4.78, 5) is 17.6. The van der Waals surface area contributed by atoms with Crippen LogP contribution in [0.4, 0.5) is 11.6 Å². The largest absolute Gasteiger partial charge is 0.472 e. The fourth-order valence-electron chi connectivity index (χ4n) is 3.16. The zero-order chi connectivity index (χ0) is 20.5. The molecule has 0 aliphatic rings. The molecule has 0 bridgehead atoms. The maximum Gasteiger partial charge on any atom is 0.232 e. The number of aromatic nitrogens is 5. The van der Waals surface area contributed by atoms with Crippen LogP contribution < -0.4 is 16.2 Å². The number of ether oxygens (including phenoxy) is 1. The molecule has 0 aromatic carbocycles. The van der Waals surface area contributed by atoms with E-state index in [1.54, 1.807) is 30.5 Å². The summed E-state index contributed by atoms with van der Waals surface area (Å²) in [5, 5.41) is 0.472. The minimum atomic E-state index is -0.198. The van der Waals surface area contributed by atoms with E-state index in [1.165, 1.54) is 0 Å². The Morgan fingerprint density at radius 2 is 1.86 bits per heavy atom. The molecule has 4 rings (SSSR count). The van der Waals surface area contributed by atoms with Crippen molar-refractivity contribution >= 4 is 34.4 Å². The van der Waals surface area contributed by atoms with E-state index in [0.717, 1.165) is 28.2 Å². The number of imidazole rings is 1. The van der Waals surface area contributed by atoms with E-state index in [4.69, 9.17) is 32.8 Å². The van der Waals surface area contributed by atoms with Gasteiger partial charge in [0.15, 0.2) is 5.65 Å². The van der Waals surface area contributed by atoms with Crippen molar-refractivity contribution in [2.45, 2.75) is 26.5 Å². The molecule has 4 N–H and O–H groups in total. The molecule has 0 spiro atoms. The van der Waals surface area contributed by atoms with Crippen LogP contribution in [0.25, 0.3) is 22.4 Å². The van der Waals surface area contributed by atoms with Crippen LogP contribution in [0.2, 0.25) is 5.02 Å². The van der Waals surface area contributed by atoms with Gasteiger partial charge in [-0.25, -0.2) is 19.9 Å². The van der Waals surface area contributed by atoms with E-state index in [1.807, 2.05) is 30.5 Å². The second-order valence-electron chi connectivity index (χ2n) is 6.73. The van der Waals surface area contributed by atoms with Gasteiger partial charge in [0, 0.05) is 11.8 Å². The quantitative estimate of drug-likeness (QED) is 0.518. The van der Waals surface area contributed by atoms with Gasteiger partial charge in [-0.3, -0.25) is 0 Å². The molecule has 0 aliphatic carbocycles. The second kappa shape index (κ2) is 7.56. The number of hydrogen-bond acceptors (Lipinski definition) is 7. The SMILES string of the molecule is Cc1nc2ccc(-c3cc(N)nc(N)c3)nc2n1C[C@H](C)Oc1ncccc1Cl. The third-order valence-electron chi connectivity index (χ3n) is 4.42. The van der Waals surface area contributed by atoms with Crippen molar-refractivity contribution < 1.29 is 4.74 Å². The van der Waals surface area contributed by atoms with E-state index in [9.17, 15) is 0 Å². The van der Waals surface area contributed by atoms with Gasteiger partial charge >= 0.3 is 0 Å². The summed E-state index contributed by atoms with van der Waals surface area (Å²) in [5.41, 5.74) is 14.7. The van der Waals surface area contributed by atoms with Gasteiger partial charge in [-0.15, -0.1) is 0 Å². The molecule has 148 valence electrons. The lowest BCUT2D eigenvalue weighted by Gasteiger charge is -2.16. The molecule has 29 heavy (non-hydrogen) atoms. The molecule has 0 unspecified atom stereocenters. The third-order valence-corrected chi connectivity index (χ3v) is 4.71. The Morgan fingerprint density at radius 3 is 2.59 bits per heavy atom. The molecular formula is C20H20ClN7O. The highest BCUT2D eigenvalue weighted by Crippen LogP contribution is 2.25. The number of rotatable bonds is 5. The smallest absolute Gasteiger partial charge is 0.232 e. The number of halogens is 1. The molecule has 4 heterocycles. The van der Waals surface area contributed by atoms with Gasteiger partial charge in [-0.1, -0.05) is 11.6 Å². The van der Waals surface area contributed by atoms with E-state index in [2.05, 4.69) is 15.0 Å². The predicted octanol–water partition coefficient (Wildman–Crippen LogP) is 3.48. The number of nitrogen functional groups attached to an aromatic ring is 2. The minimum Gasteiger partial charge on any atom is -0.472 e. The molecule has 9 heteroatoms. The lowest BCUT2D eigenvalue weighted by Crippen LogP contribution is -2.21. The lowest BCUT2D eigenvalue weighted by molar-refractivity contribution is 0.192. The maximum atomic E-state index is 6.15. The predicted molar refractivity (Wildman–Crippen MR) is 114 cm³/mol. The topological polar surface area (TPSA) is 118 Å². The van der Waals surface area contributed by atoms with Gasteiger partial charge in [0.2, 0.25) is 5.88 Å². The summed E-state index contributed by atoms with van der Waals surface area (Å²) < 4.78 is 7.92. The lowest BCUT2D eigenvalue weighted by atomic mass is 10.1. The van der Waals surface area contributed by atoms with E-state index in [0.29, 0.717) is 29.1 Å². The zero-order valence-corrected chi connectivity index (χ0v) is 16.8. The van der Waals surface area contributed by atoms with Gasteiger partial charge in [0.25, 0.3) is 0 Å². The fraction of sp³-hybridized carbons (Fsp3) is 0.200. The van der Waals surface area contributed by atoms with Crippen molar-refractivity contribution in [3.05, 3.63) is 53.4 Å². The molecular weight excluding hydrogens is 390 g/mol. The Bertz CT molecular complexity index is 1170. The van der Waals surface area contributed by atoms with Crippen molar-refractivity contribution in [1.29, 1.82) is 0 Å². The minimum absolute atomic E-state index is 0.198. The molecule has 1 atom stereocenters. The van der Waals surface area contributed by atoms with Gasteiger partial charge in [0.05, 0.1) is 12.2 Å². The number of pyridine rings is 3. The zero-order valence-electron chi connectivity index (χ0n) is 16.0. The van der Waals surface area contributed by atoms with Crippen molar-refractivity contribution in [3.8, 4) is 17.1 Å².